The molecule has 1 aromatic rings. The summed E-state index contributed by atoms with van der Waals surface area (Å²) in [6.45, 7) is 3.28. The average molecular weight is 312 g/mol. The van der Waals surface area contributed by atoms with E-state index in [9.17, 15) is 4.79 Å². The maximum absolute atomic E-state index is 12.3. The zero-order valence-electron chi connectivity index (χ0n) is 12.7. The van der Waals surface area contributed by atoms with Gasteiger partial charge in [0.1, 0.15) is 0 Å². The topological polar surface area (TPSA) is 49.6 Å². The number of nitrogens with two attached hydrogens (primary N) is 1. The normalized spacial score (nSPS) is 18.9. The highest BCUT2D eigenvalue weighted by Crippen LogP contribution is 2.19. The lowest BCUT2D eigenvalue weighted by Gasteiger charge is -2.33. The van der Waals surface area contributed by atoms with Crippen molar-refractivity contribution in [3.05, 3.63) is 30.3 Å². The lowest BCUT2D eigenvalue weighted by molar-refractivity contribution is -0.119. The minimum Gasteiger partial charge on any atom is -0.330 e. The van der Waals surface area contributed by atoms with Crippen molar-refractivity contribution in [1.29, 1.82) is 0 Å². The number of anilines is 1. The standard InChI is InChI=1S/C16H25N3O.ClH/c1-18(15-7-3-2-4-8-15)16(20)13-19-11-5-6-14(12-19)9-10-17;/h2-4,7-8,14H,5-6,9-13,17H2,1H3;1H. The molecule has 21 heavy (non-hydrogen) atoms. The first kappa shape index (κ1) is 18.0. The summed E-state index contributed by atoms with van der Waals surface area (Å²) in [5.74, 6) is 0.813. The first-order valence-electron chi connectivity index (χ1n) is 7.44. The van der Waals surface area contributed by atoms with Crippen LogP contribution in [0.4, 0.5) is 5.69 Å². The van der Waals surface area contributed by atoms with E-state index in [1.54, 1.807) is 4.90 Å². The molecule has 1 amide bonds. The van der Waals surface area contributed by atoms with Gasteiger partial charge in [-0.05, 0) is 50.4 Å². The summed E-state index contributed by atoms with van der Waals surface area (Å²) < 4.78 is 0. The van der Waals surface area contributed by atoms with Crippen LogP contribution in [0, 0.1) is 5.92 Å². The van der Waals surface area contributed by atoms with Crippen molar-refractivity contribution in [2.75, 3.05) is 38.1 Å². The van der Waals surface area contributed by atoms with Gasteiger partial charge >= 0.3 is 0 Å². The molecule has 0 radical (unpaired) electrons. The Bertz CT molecular complexity index is 425. The minimum absolute atomic E-state index is 0. The molecule has 1 saturated heterocycles. The summed E-state index contributed by atoms with van der Waals surface area (Å²) in [6.07, 6.45) is 3.49. The number of hydrogen-bond acceptors (Lipinski definition) is 3. The first-order chi connectivity index (χ1) is 9.70. The van der Waals surface area contributed by atoms with E-state index < -0.39 is 0 Å². The van der Waals surface area contributed by atoms with Gasteiger partial charge in [-0.25, -0.2) is 0 Å². The van der Waals surface area contributed by atoms with Crippen LogP contribution in [0.15, 0.2) is 30.3 Å². The van der Waals surface area contributed by atoms with Crippen LogP contribution in [0.3, 0.4) is 0 Å². The van der Waals surface area contributed by atoms with Crippen molar-refractivity contribution in [3.8, 4) is 0 Å². The van der Waals surface area contributed by atoms with Crippen LogP contribution in [0.1, 0.15) is 19.3 Å². The van der Waals surface area contributed by atoms with Crippen LogP contribution in [-0.2, 0) is 4.79 Å². The molecule has 1 aliphatic heterocycles. The first-order valence-corrected chi connectivity index (χ1v) is 7.44. The van der Waals surface area contributed by atoms with Gasteiger partial charge < -0.3 is 10.6 Å². The van der Waals surface area contributed by atoms with Crippen LogP contribution in [0.5, 0.6) is 0 Å². The Kier molecular flexibility index (Phi) is 7.72. The maximum Gasteiger partial charge on any atom is 0.240 e. The lowest BCUT2D eigenvalue weighted by atomic mass is 9.95. The highest BCUT2D eigenvalue weighted by atomic mass is 35.5. The van der Waals surface area contributed by atoms with E-state index in [1.165, 1.54) is 12.8 Å². The van der Waals surface area contributed by atoms with Crippen LogP contribution >= 0.6 is 12.4 Å². The molecule has 1 unspecified atom stereocenters. The molecule has 5 heteroatoms. The maximum atomic E-state index is 12.3. The summed E-state index contributed by atoms with van der Waals surface area (Å²) in [5, 5.41) is 0. The molecule has 4 nitrogen and oxygen atoms in total. The fraction of sp³-hybridized carbons (Fsp3) is 0.562. The number of likely N-dealkylation sites (tertiary alicyclic amines) is 1. The fourth-order valence-corrected chi connectivity index (χ4v) is 2.86. The van der Waals surface area contributed by atoms with E-state index in [0.717, 1.165) is 31.7 Å². The third kappa shape index (κ3) is 5.30. The summed E-state index contributed by atoms with van der Waals surface area (Å²) in [5.41, 5.74) is 6.59. The summed E-state index contributed by atoms with van der Waals surface area (Å²) in [7, 11) is 1.85. The summed E-state index contributed by atoms with van der Waals surface area (Å²) >= 11 is 0. The average Bonchev–Trinajstić information content (AvgIpc) is 2.48. The van der Waals surface area contributed by atoms with Crippen molar-refractivity contribution in [3.63, 3.8) is 0 Å². The number of piperidine rings is 1. The number of benzene rings is 1. The summed E-state index contributed by atoms with van der Waals surface area (Å²) in [6, 6.07) is 9.80. The Labute approximate surface area is 133 Å². The molecule has 1 atom stereocenters. The van der Waals surface area contributed by atoms with Gasteiger partial charge in [-0.2, -0.15) is 0 Å². The molecule has 0 aliphatic carbocycles. The van der Waals surface area contributed by atoms with Crippen molar-refractivity contribution >= 4 is 24.0 Å². The number of amides is 1. The predicted molar refractivity (Wildman–Crippen MR) is 89.9 cm³/mol. The number of hydrogen-bond donors (Lipinski definition) is 1. The van der Waals surface area contributed by atoms with Crippen molar-refractivity contribution in [1.82, 2.24) is 4.90 Å². The Morgan fingerprint density at radius 3 is 2.76 bits per heavy atom. The molecule has 0 aromatic heterocycles. The molecular weight excluding hydrogens is 286 g/mol. The molecule has 2 rings (SSSR count). The van der Waals surface area contributed by atoms with Crippen LogP contribution in [0.25, 0.3) is 0 Å². The molecule has 118 valence electrons. The third-order valence-electron chi connectivity index (χ3n) is 4.05. The number of nitrogens with zero attached hydrogens (tertiary/aromatic N) is 2. The molecule has 2 N–H and O–H groups in total. The van der Waals surface area contributed by atoms with Gasteiger partial charge in [-0.3, -0.25) is 9.69 Å². The largest absolute Gasteiger partial charge is 0.330 e. The summed E-state index contributed by atoms with van der Waals surface area (Å²) in [4.78, 5) is 16.3. The highest BCUT2D eigenvalue weighted by Gasteiger charge is 2.22. The predicted octanol–water partition coefficient (Wildman–Crippen LogP) is 2.13. The van der Waals surface area contributed by atoms with Crippen LogP contribution in [0.2, 0.25) is 0 Å². The van der Waals surface area contributed by atoms with Crippen molar-refractivity contribution in [2.24, 2.45) is 11.7 Å². The van der Waals surface area contributed by atoms with E-state index in [0.29, 0.717) is 12.5 Å². The Hall–Kier alpha value is -1.10. The zero-order valence-corrected chi connectivity index (χ0v) is 13.5. The minimum atomic E-state index is 0. The van der Waals surface area contributed by atoms with Gasteiger partial charge in [0.15, 0.2) is 0 Å². The molecular formula is C16H26ClN3O. The molecule has 1 heterocycles. The van der Waals surface area contributed by atoms with Gasteiger partial charge in [-0.1, -0.05) is 18.2 Å². The molecule has 0 saturated carbocycles. The van der Waals surface area contributed by atoms with E-state index in [1.807, 2.05) is 37.4 Å². The number of carbonyl (C=O) groups is 1. The molecule has 1 aliphatic rings. The quantitative estimate of drug-likeness (QED) is 0.906. The van der Waals surface area contributed by atoms with E-state index in [2.05, 4.69) is 4.90 Å². The molecule has 1 aromatic carbocycles. The van der Waals surface area contributed by atoms with Crippen LogP contribution < -0.4 is 10.6 Å². The fourth-order valence-electron chi connectivity index (χ4n) is 2.86. The number of likely N-dealkylation sites (N-methyl/N-ethyl adjacent to an activating group) is 1. The second-order valence-corrected chi connectivity index (χ2v) is 5.61. The second-order valence-electron chi connectivity index (χ2n) is 5.61. The third-order valence-corrected chi connectivity index (χ3v) is 4.05. The number of halogens is 1. The Morgan fingerprint density at radius 2 is 2.10 bits per heavy atom. The highest BCUT2D eigenvalue weighted by molar-refractivity contribution is 5.94. The molecule has 0 bridgehead atoms. The zero-order chi connectivity index (χ0) is 14.4. The van der Waals surface area contributed by atoms with Crippen LogP contribution in [-0.4, -0.2) is 44.0 Å². The van der Waals surface area contributed by atoms with E-state index >= 15 is 0 Å². The lowest BCUT2D eigenvalue weighted by Crippen LogP contribution is -2.43. The van der Waals surface area contributed by atoms with Gasteiger partial charge in [-0.15, -0.1) is 12.4 Å². The van der Waals surface area contributed by atoms with Gasteiger partial charge in [0, 0.05) is 19.3 Å². The van der Waals surface area contributed by atoms with Crippen molar-refractivity contribution in [2.45, 2.75) is 19.3 Å². The Morgan fingerprint density at radius 1 is 1.38 bits per heavy atom. The monoisotopic (exact) mass is 311 g/mol. The van der Waals surface area contributed by atoms with E-state index in [4.69, 9.17) is 5.73 Å². The van der Waals surface area contributed by atoms with Gasteiger partial charge in [0.25, 0.3) is 0 Å². The Balaban J connectivity index is 0.00000220. The van der Waals surface area contributed by atoms with E-state index in [-0.39, 0.29) is 18.3 Å². The molecule has 1 fully saturated rings. The number of para-hydroxylation sites is 1. The van der Waals surface area contributed by atoms with Gasteiger partial charge in [0.2, 0.25) is 5.91 Å². The van der Waals surface area contributed by atoms with Gasteiger partial charge in [0.05, 0.1) is 6.54 Å². The number of rotatable bonds is 5. The SMILES string of the molecule is CN(C(=O)CN1CCCC(CCN)C1)c1ccccc1.Cl. The second kappa shape index (κ2) is 9.03. The van der Waals surface area contributed by atoms with Crippen molar-refractivity contribution < 1.29 is 4.79 Å². The smallest absolute Gasteiger partial charge is 0.240 e. The molecule has 0 spiro atoms. The number of carbonyl (C=O) groups excluding carboxylic acids is 1.